The van der Waals surface area contributed by atoms with Gasteiger partial charge >= 0.3 is 5.13 Å². The Morgan fingerprint density at radius 1 is 1.28 bits per heavy atom. The van der Waals surface area contributed by atoms with Gasteiger partial charge in [0.25, 0.3) is 5.91 Å². The molecule has 0 spiro atoms. The van der Waals surface area contributed by atoms with Crippen LogP contribution in [0.15, 0.2) is 46.6 Å². The fourth-order valence-electron chi connectivity index (χ4n) is 2.43. The first kappa shape index (κ1) is 18.0. The Kier molecular flexibility index (Phi) is 4.92. The van der Waals surface area contributed by atoms with E-state index >= 15 is 0 Å². The maximum Gasteiger partial charge on any atom is 0.320 e. The largest absolute Gasteiger partial charge is 0.344 e. The van der Waals surface area contributed by atoms with Crippen LogP contribution in [0.2, 0.25) is 10.0 Å². The summed E-state index contributed by atoms with van der Waals surface area (Å²) in [5.74, 6) is -0.0887. The van der Waals surface area contributed by atoms with E-state index in [9.17, 15) is 4.79 Å². The molecule has 1 aromatic carbocycles. The van der Waals surface area contributed by atoms with Gasteiger partial charge in [0.15, 0.2) is 5.70 Å². The molecule has 6 nitrogen and oxygen atoms in total. The monoisotopic (exact) mass is 396 g/mol. The van der Waals surface area contributed by atoms with E-state index in [1.807, 2.05) is 19.1 Å². The fourth-order valence-corrected chi connectivity index (χ4v) is 3.83. The summed E-state index contributed by atoms with van der Waals surface area (Å²) in [4.78, 5) is 18.7. The number of hydrogen-bond acceptors (Lipinski definition) is 5. The number of allylic oxidation sites excluding steroid dienone is 1. The van der Waals surface area contributed by atoms with Crippen molar-refractivity contribution >= 4 is 45.6 Å². The number of benzene rings is 1. The second-order valence-electron chi connectivity index (χ2n) is 5.86. The number of carbonyl (C=O) groups is 1. The Morgan fingerprint density at radius 2 is 2.04 bits per heavy atom. The topological polar surface area (TPSA) is 57.9 Å². The molecule has 0 aliphatic carbocycles. The molecule has 25 heavy (non-hydrogen) atoms. The van der Waals surface area contributed by atoms with Gasteiger partial charge in [-0.3, -0.25) is 4.79 Å². The highest BCUT2D eigenvalue weighted by molar-refractivity contribution is 7.17. The predicted octanol–water partition coefficient (Wildman–Crippen LogP) is 4.90. The summed E-state index contributed by atoms with van der Waals surface area (Å²) in [6, 6.07) is 5.46. The highest BCUT2D eigenvalue weighted by atomic mass is 35.5. The Bertz CT molecular complexity index is 892. The lowest BCUT2D eigenvalue weighted by atomic mass is 10.2. The number of rotatable bonds is 4. The van der Waals surface area contributed by atoms with Gasteiger partial charge in [0, 0.05) is 31.8 Å². The van der Waals surface area contributed by atoms with Crippen molar-refractivity contribution in [3.63, 3.8) is 0 Å². The first-order valence-corrected chi connectivity index (χ1v) is 9.00. The zero-order valence-electron chi connectivity index (χ0n) is 13.9. The standard InChI is InChI=1S/C16H16Cl2N5OS/c1-10-7-20-21-23(10,9-11-4-5-12(17)13(18)6-11)16-19-8-14(25-16)15(24)22(2)3/h4-8H,9H2,1-3H3/q+1. The molecule has 1 aromatic heterocycles. The summed E-state index contributed by atoms with van der Waals surface area (Å²) in [6.45, 7) is 2.41. The van der Waals surface area contributed by atoms with Crippen molar-refractivity contribution < 1.29 is 4.79 Å². The third-order valence-corrected chi connectivity index (χ3v) is 5.68. The molecule has 2 heterocycles. The molecule has 130 valence electrons. The summed E-state index contributed by atoms with van der Waals surface area (Å²) in [7, 11) is 3.42. The summed E-state index contributed by atoms with van der Waals surface area (Å²) in [6.07, 6.45) is 3.28. The molecule has 0 bridgehead atoms. The Balaban J connectivity index is 2.01. The minimum atomic E-state index is -0.0887. The minimum absolute atomic E-state index is 0.0866. The molecule has 1 unspecified atom stereocenters. The molecule has 0 saturated carbocycles. The molecular formula is C16H16Cl2N5OS+. The van der Waals surface area contributed by atoms with Gasteiger partial charge in [-0.15, -0.1) is 5.11 Å². The molecule has 1 amide bonds. The van der Waals surface area contributed by atoms with E-state index in [-0.39, 0.29) is 10.5 Å². The van der Waals surface area contributed by atoms with Crippen LogP contribution in [0.1, 0.15) is 22.2 Å². The zero-order chi connectivity index (χ0) is 18.2. The number of halogens is 2. The van der Waals surface area contributed by atoms with Gasteiger partial charge in [-0.2, -0.15) is 4.98 Å². The van der Waals surface area contributed by atoms with Crippen molar-refractivity contribution in [3.8, 4) is 0 Å². The number of carbonyl (C=O) groups excluding carboxylic acids is 1. The first-order valence-electron chi connectivity index (χ1n) is 7.43. The summed E-state index contributed by atoms with van der Waals surface area (Å²) >= 11 is 13.5. The van der Waals surface area contributed by atoms with E-state index in [0.29, 0.717) is 26.6 Å². The van der Waals surface area contributed by atoms with Crippen LogP contribution in [0.5, 0.6) is 0 Å². The summed E-state index contributed by atoms with van der Waals surface area (Å²) < 4.78 is 0.0866. The van der Waals surface area contributed by atoms with Gasteiger partial charge in [-0.25, -0.2) is 0 Å². The van der Waals surface area contributed by atoms with Crippen LogP contribution in [0, 0.1) is 0 Å². The van der Waals surface area contributed by atoms with Crippen LogP contribution in [0.25, 0.3) is 0 Å². The van der Waals surface area contributed by atoms with Crippen molar-refractivity contribution in [2.24, 2.45) is 10.3 Å². The maximum absolute atomic E-state index is 12.2. The van der Waals surface area contributed by atoms with Gasteiger partial charge < -0.3 is 4.90 Å². The number of nitrogens with zero attached hydrogens (tertiary/aromatic N) is 5. The van der Waals surface area contributed by atoms with E-state index in [1.165, 1.54) is 16.2 Å². The molecule has 0 fully saturated rings. The lowest BCUT2D eigenvalue weighted by Gasteiger charge is -2.24. The van der Waals surface area contributed by atoms with Crippen LogP contribution in [0.4, 0.5) is 5.13 Å². The van der Waals surface area contributed by atoms with Crippen LogP contribution >= 0.6 is 34.5 Å². The van der Waals surface area contributed by atoms with Crippen molar-refractivity contribution in [1.82, 2.24) is 14.5 Å². The second-order valence-corrected chi connectivity index (χ2v) is 7.68. The lowest BCUT2D eigenvalue weighted by Crippen LogP contribution is -2.39. The Morgan fingerprint density at radius 3 is 2.64 bits per heavy atom. The molecule has 0 radical (unpaired) electrons. The molecule has 1 atom stereocenters. The predicted molar refractivity (Wildman–Crippen MR) is 101 cm³/mol. The van der Waals surface area contributed by atoms with Crippen LogP contribution < -0.4 is 4.59 Å². The molecule has 1 aliphatic rings. The van der Waals surface area contributed by atoms with Crippen molar-refractivity contribution in [2.45, 2.75) is 13.5 Å². The third-order valence-electron chi connectivity index (χ3n) is 3.85. The van der Waals surface area contributed by atoms with Gasteiger partial charge in [0.2, 0.25) is 0 Å². The van der Waals surface area contributed by atoms with Crippen molar-refractivity contribution in [2.75, 3.05) is 14.1 Å². The zero-order valence-corrected chi connectivity index (χ0v) is 16.2. The average molecular weight is 397 g/mol. The highest BCUT2D eigenvalue weighted by Crippen LogP contribution is 2.39. The normalized spacial score (nSPS) is 19.2. The number of aromatic nitrogens is 1. The third kappa shape index (κ3) is 3.32. The van der Waals surface area contributed by atoms with E-state index in [0.717, 1.165) is 11.3 Å². The average Bonchev–Trinajstić information content (AvgIpc) is 3.18. The van der Waals surface area contributed by atoms with Gasteiger partial charge in [0.05, 0.1) is 16.2 Å². The van der Waals surface area contributed by atoms with Crippen LogP contribution in [-0.2, 0) is 6.54 Å². The maximum atomic E-state index is 12.2. The molecule has 2 aromatic rings. The van der Waals surface area contributed by atoms with Gasteiger partial charge in [-0.1, -0.05) is 33.9 Å². The van der Waals surface area contributed by atoms with Gasteiger partial charge in [0.1, 0.15) is 17.6 Å². The van der Waals surface area contributed by atoms with Gasteiger partial charge in [-0.05, 0) is 23.5 Å². The molecule has 1 aliphatic heterocycles. The lowest BCUT2D eigenvalue weighted by molar-refractivity contribution is 0.0832. The molecule has 9 heteroatoms. The number of thiazole rings is 1. The molecule has 0 N–H and O–H groups in total. The summed E-state index contributed by atoms with van der Waals surface area (Å²) in [5, 5.41) is 10.1. The molecule has 0 saturated heterocycles. The number of hydrogen-bond donors (Lipinski definition) is 0. The van der Waals surface area contributed by atoms with Crippen LogP contribution in [-0.4, -0.2) is 29.9 Å². The number of amides is 1. The van der Waals surface area contributed by atoms with E-state index in [4.69, 9.17) is 23.2 Å². The van der Waals surface area contributed by atoms with E-state index in [1.54, 1.807) is 32.6 Å². The van der Waals surface area contributed by atoms with E-state index in [2.05, 4.69) is 15.3 Å². The molecule has 3 rings (SSSR count). The Labute approximate surface area is 159 Å². The first-order chi connectivity index (χ1) is 11.8. The molecular weight excluding hydrogens is 381 g/mol. The number of quaternary nitrogens is 1. The van der Waals surface area contributed by atoms with Crippen LogP contribution in [0.3, 0.4) is 0 Å². The quantitative estimate of drug-likeness (QED) is 0.689. The second kappa shape index (κ2) is 6.84. The van der Waals surface area contributed by atoms with Crippen molar-refractivity contribution in [3.05, 3.63) is 56.8 Å². The highest BCUT2D eigenvalue weighted by Gasteiger charge is 2.42. The van der Waals surface area contributed by atoms with Crippen molar-refractivity contribution in [1.29, 1.82) is 0 Å². The van der Waals surface area contributed by atoms with E-state index < -0.39 is 0 Å². The minimum Gasteiger partial charge on any atom is -0.344 e. The summed E-state index contributed by atoms with van der Waals surface area (Å²) in [5.41, 5.74) is 1.85. The smallest absolute Gasteiger partial charge is 0.320 e. The fraction of sp³-hybridized carbons (Fsp3) is 0.250. The Hall–Kier alpha value is -1.80. The SMILES string of the molecule is CC1=CN=N[N+]1(Cc1ccc(Cl)c(Cl)c1)c1ncc(C(=O)N(C)C)s1.